The molecule has 0 bridgehead atoms. The van der Waals surface area contributed by atoms with Gasteiger partial charge < -0.3 is 4.52 Å². The van der Waals surface area contributed by atoms with Gasteiger partial charge in [0.2, 0.25) is 0 Å². The summed E-state index contributed by atoms with van der Waals surface area (Å²) in [6.07, 6.45) is 0.951. The average Bonchev–Trinajstić information content (AvgIpc) is 2.79. The van der Waals surface area contributed by atoms with Crippen LogP contribution >= 0.6 is 0 Å². The van der Waals surface area contributed by atoms with Gasteiger partial charge in [0.1, 0.15) is 5.82 Å². The molecule has 100 valence electrons. The van der Waals surface area contributed by atoms with E-state index in [4.69, 9.17) is 4.52 Å². The molecule has 2 heterocycles. The van der Waals surface area contributed by atoms with Crippen LogP contribution in [0.2, 0.25) is 0 Å². The largest absolute Gasteiger partial charge is 0.360 e. The Morgan fingerprint density at radius 2 is 2.26 bits per heavy atom. The third-order valence-electron chi connectivity index (χ3n) is 3.81. The van der Waals surface area contributed by atoms with Crippen LogP contribution in [-0.4, -0.2) is 16.6 Å². The second-order valence-corrected chi connectivity index (χ2v) is 5.17. The summed E-state index contributed by atoms with van der Waals surface area (Å²) in [5.41, 5.74) is 3.23. The van der Waals surface area contributed by atoms with Crippen molar-refractivity contribution in [2.75, 3.05) is 6.54 Å². The second kappa shape index (κ2) is 4.78. The van der Waals surface area contributed by atoms with Crippen LogP contribution < -0.4 is 0 Å². The number of rotatable bonds is 2. The molecule has 0 radical (unpaired) electrons. The zero-order valence-corrected chi connectivity index (χ0v) is 11.2. The summed E-state index contributed by atoms with van der Waals surface area (Å²) in [6, 6.07) is 7.24. The van der Waals surface area contributed by atoms with E-state index in [1.807, 2.05) is 19.1 Å². The van der Waals surface area contributed by atoms with Crippen molar-refractivity contribution in [3.8, 4) is 0 Å². The maximum Gasteiger partial charge on any atom is 0.150 e. The van der Waals surface area contributed by atoms with Crippen LogP contribution in [0.1, 0.15) is 35.5 Å². The number of nitrogens with zero attached hydrogens (tertiary/aromatic N) is 2. The molecule has 0 N–H and O–H groups in total. The fraction of sp³-hybridized carbons (Fsp3) is 0.400. The molecule has 2 aromatic rings. The summed E-state index contributed by atoms with van der Waals surface area (Å²) in [5, 5.41) is 3.90. The van der Waals surface area contributed by atoms with Crippen molar-refractivity contribution in [1.82, 2.24) is 10.1 Å². The smallest absolute Gasteiger partial charge is 0.150 e. The van der Waals surface area contributed by atoms with E-state index in [2.05, 4.69) is 17.0 Å². The molecule has 1 aromatic carbocycles. The van der Waals surface area contributed by atoms with Gasteiger partial charge in [0.15, 0.2) is 5.76 Å². The van der Waals surface area contributed by atoms with Crippen LogP contribution in [0, 0.1) is 12.7 Å². The predicted molar refractivity (Wildman–Crippen MR) is 70.2 cm³/mol. The van der Waals surface area contributed by atoms with Crippen LogP contribution in [0.3, 0.4) is 0 Å². The van der Waals surface area contributed by atoms with Crippen LogP contribution in [0.4, 0.5) is 4.39 Å². The van der Waals surface area contributed by atoms with E-state index in [-0.39, 0.29) is 11.9 Å². The average molecular weight is 260 g/mol. The van der Waals surface area contributed by atoms with Gasteiger partial charge in [0.05, 0.1) is 12.2 Å². The minimum absolute atomic E-state index is 0.164. The fourth-order valence-electron chi connectivity index (χ4n) is 2.74. The highest BCUT2D eigenvalue weighted by molar-refractivity contribution is 5.32. The maximum atomic E-state index is 13.4. The van der Waals surface area contributed by atoms with E-state index in [0.717, 1.165) is 36.5 Å². The molecule has 1 aromatic heterocycles. The lowest BCUT2D eigenvalue weighted by Crippen LogP contribution is -2.33. The van der Waals surface area contributed by atoms with Crippen molar-refractivity contribution in [3.05, 3.63) is 52.7 Å². The Morgan fingerprint density at radius 3 is 3.00 bits per heavy atom. The monoisotopic (exact) mass is 260 g/mol. The molecule has 3 rings (SSSR count). The van der Waals surface area contributed by atoms with Gasteiger partial charge in [-0.1, -0.05) is 11.2 Å². The topological polar surface area (TPSA) is 29.3 Å². The minimum Gasteiger partial charge on any atom is -0.360 e. The summed E-state index contributed by atoms with van der Waals surface area (Å²) in [5.74, 6) is 0.701. The highest BCUT2D eigenvalue weighted by atomic mass is 19.1. The lowest BCUT2D eigenvalue weighted by molar-refractivity contribution is 0.168. The highest BCUT2D eigenvalue weighted by Gasteiger charge is 2.25. The quantitative estimate of drug-likeness (QED) is 0.830. The third kappa shape index (κ3) is 2.40. The Bertz CT molecular complexity index is 594. The first-order chi connectivity index (χ1) is 9.13. The molecule has 0 saturated heterocycles. The molecule has 4 heteroatoms. The number of hydrogen-bond acceptors (Lipinski definition) is 3. The van der Waals surface area contributed by atoms with Crippen LogP contribution in [0.15, 0.2) is 28.8 Å². The van der Waals surface area contributed by atoms with E-state index in [1.165, 1.54) is 5.56 Å². The first kappa shape index (κ1) is 12.4. The van der Waals surface area contributed by atoms with Gasteiger partial charge in [0.25, 0.3) is 0 Å². The summed E-state index contributed by atoms with van der Waals surface area (Å²) < 4.78 is 18.6. The third-order valence-corrected chi connectivity index (χ3v) is 3.81. The molecule has 1 atom stereocenters. The molecule has 1 aliphatic heterocycles. The molecule has 0 spiro atoms. The fourth-order valence-corrected chi connectivity index (χ4v) is 2.74. The van der Waals surface area contributed by atoms with Crippen molar-refractivity contribution < 1.29 is 8.91 Å². The molecule has 3 nitrogen and oxygen atoms in total. The molecular weight excluding hydrogens is 243 g/mol. The number of halogens is 1. The zero-order chi connectivity index (χ0) is 13.4. The van der Waals surface area contributed by atoms with Gasteiger partial charge in [-0.3, -0.25) is 4.90 Å². The highest BCUT2D eigenvalue weighted by Crippen LogP contribution is 2.31. The van der Waals surface area contributed by atoms with E-state index >= 15 is 0 Å². The number of hydrogen-bond donors (Lipinski definition) is 0. The first-order valence-corrected chi connectivity index (χ1v) is 6.58. The number of aromatic nitrogens is 1. The lowest BCUT2D eigenvalue weighted by Gasteiger charge is -2.34. The molecule has 1 unspecified atom stereocenters. The molecule has 0 fully saturated rings. The Labute approximate surface area is 112 Å². The number of benzene rings is 1. The van der Waals surface area contributed by atoms with Crippen molar-refractivity contribution >= 4 is 0 Å². The molecule has 0 saturated carbocycles. The first-order valence-electron chi connectivity index (χ1n) is 6.58. The summed E-state index contributed by atoms with van der Waals surface area (Å²) >= 11 is 0. The Balaban J connectivity index is 1.82. The Morgan fingerprint density at radius 1 is 1.42 bits per heavy atom. The van der Waals surface area contributed by atoms with Crippen molar-refractivity contribution in [2.45, 2.75) is 32.9 Å². The number of aryl methyl sites for hydroxylation is 1. The van der Waals surface area contributed by atoms with Crippen LogP contribution in [-0.2, 0) is 13.0 Å². The van der Waals surface area contributed by atoms with Crippen LogP contribution in [0.5, 0.6) is 0 Å². The molecule has 1 aliphatic rings. The Hall–Kier alpha value is -1.68. The second-order valence-electron chi connectivity index (χ2n) is 5.17. The van der Waals surface area contributed by atoms with E-state index < -0.39 is 0 Å². The summed E-state index contributed by atoms with van der Waals surface area (Å²) in [4.78, 5) is 2.29. The van der Waals surface area contributed by atoms with E-state index in [0.29, 0.717) is 0 Å². The summed E-state index contributed by atoms with van der Waals surface area (Å²) in [6.45, 7) is 5.70. The molecule has 0 aliphatic carbocycles. The van der Waals surface area contributed by atoms with Gasteiger partial charge in [0, 0.05) is 18.7 Å². The lowest BCUT2D eigenvalue weighted by atomic mass is 9.93. The summed E-state index contributed by atoms with van der Waals surface area (Å²) in [7, 11) is 0. The van der Waals surface area contributed by atoms with E-state index in [9.17, 15) is 4.39 Å². The molecule has 19 heavy (non-hydrogen) atoms. The Kier molecular flexibility index (Phi) is 3.11. The van der Waals surface area contributed by atoms with Gasteiger partial charge in [-0.25, -0.2) is 4.39 Å². The number of fused-ring (bicyclic) bond motifs is 1. The van der Waals surface area contributed by atoms with Gasteiger partial charge >= 0.3 is 0 Å². The maximum absolute atomic E-state index is 13.4. The van der Waals surface area contributed by atoms with E-state index in [1.54, 1.807) is 12.1 Å². The van der Waals surface area contributed by atoms with Crippen molar-refractivity contribution in [1.29, 1.82) is 0 Å². The standard InChI is InChI=1S/C15H17FN2O/c1-10-7-14(19-17-10)9-18-6-5-12-3-4-13(16)8-15(12)11(18)2/h3-4,7-8,11H,5-6,9H2,1-2H3. The SMILES string of the molecule is Cc1cc(CN2CCc3ccc(F)cc3C2C)on1. The molecule has 0 amide bonds. The van der Waals surface area contributed by atoms with Gasteiger partial charge in [-0.15, -0.1) is 0 Å². The van der Waals surface area contributed by atoms with Crippen molar-refractivity contribution in [2.24, 2.45) is 0 Å². The zero-order valence-electron chi connectivity index (χ0n) is 11.2. The predicted octanol–water partition coefficient (Wildman–Crippen LogP) is 3.24. The normalized spacial score (nSPS) is 19.4. The van der Waals surface area contributed by atoms with Gasteiger partial charge in [-0.05, 0) is 43.5 Å². The minimum atomic E-state index is -0.164. The van der Waals surface area contributed by atoms with Gasteiger partial charge in [-0.2, -0.15) is 0 Å². The van der Waals surface area contributed by atoms with Crippen molar-refractivity contribution in [3.63, 3.8) is 0 Å². The molecular formula is C15H17FN2O. The van der Waals surface area contributed by atoms with Crippen LogP contribution in [0.25, 0.3) is 0 Å².